The smallest absolute Gasteiger partial charge is 0.175 e. The van der Waals surface area contributed by atoms with Crippen molar-refractivity contribution in [3.8, 4) is 11.8 Å². The number of fused-ring (bicyclic) bond motifs is 1. The van der Waals surface area contributed by atoms with Gasteiger partial charge in [0.15, 0.2) is 9.84 Å². The Balaban J connectivity index is 1.67. The zero-order valence-electron chi connectivity index (χ0n) is 16.4. The molecule has 6 nitrogen and oxygen atoms in total. The second kappa shape index (κ2) is 7.93. The van der Waals surface area contributed by atoms with Crippen molar-refractivity contribution in [2.24, 2.45) is 0 Å². The molecule has 4 aromatic rings. The lowest BCUT2D eigenvalue weighted by atomic mass is 10.1. The van der Waals surface area contributed by atoms with Crippen LogP contribution >= 0.6 is 0 Å². The van der Waals surface area contributed by atoms with E-state index in [9.17, 15) is 8.42 Å². The lowest BCUT2D eigenvalue weighted by molar-refractivity contribution is 0.602. The fourth-order valence-corrected chi connectivity index (χ4v) is 3.54. The standard InChI is InChI=1S/C23H18N4O2S/c1-16-17(4-3-12-24-16)5-10-22-21-14-23(26-15-18(21)11-13-25-22)27-19-6-8-20(9-7-19)30(2,28)29/h3-4,6-9,11-15H,1-2H3,(H,26,27). The topological polar surface area (TPSA) is 84.8 Å². The van der Waals surface area contributed by atoms with Crippen molar-refractivity contribution in [1.82, 2.24) is 15.0 Å². The van der Waals surface area contributed by atoms with Crippen LogP contribution < -0.4 is 5.32 Å². The molecule has 0 bridgehead atoms. The molecule has 3 aromatic heterocycles. The number of hydrogen-bond donors (Lipinski definition) is 1. The average Bonchev–Trinajstić information content (AvgIpc) is 2.73. The molecule has 4 rings (SSSR count). The zero-order valence-corrected chi connectivity index (χ0v) is 17.2. The van der Waals surface area contributed by atoms with Gasteiger partial charge < -0.3 is 5.32 Å². The van der Waals surface area contributed by atoms with E-state index in [1.807, 2.05) is 31.2 Å². The average molecular weight is 414 g/mol. The van der Waals surface area contributed by atoms with Crippen LogP contribution in [0.1, 0.15) is 17.0 Å². The Labute approximate surface area is 175 Å². The SMILES string of the molecule is Cc1ncccc1C#Cc1nccc2cnc(Nc3ccc(S(C)(=O)=O)cc3)cc12. The summed E-state index contributed by atoms with van der Waals surface area (Å²) in [5, 5.41) is 4.99. The van der Waals surface area contributed by atoms with E-state index in [4.69, 9.17) is 0 Å². The van der Waals surface area contributed by atoms with Crippen molar-refractivity contribution >= 4 is 32.1 Å². The predicted octanol–water partition coefficient (Wildman–Crippen LogP) is 3.88. The quantitative estimate of drug-likeness (QED) is 0.512. The Kier molecular flexibility index (Phi) is 5.17. The molecule has 0 fully saturated rings. The largest absolute Gasteiger partial charge is 0.340 e. The van der Waals surface area contributed by atoms with E-state index in [1.165, 1.54) is 6.26 Å². The molecule has 0 atom stereocenters. The van der Waals surface area contributed by atoms with Gasteiger partial charge in [-0.15, -0.1) is 0 Å². The number of rotatable bonds is 3. The van der Waals surface area contributed by atoms with Gasteiger partial charge in [0.2, 0.25) is 0 Å². The summed E-state index contributed by atoms with van der Waals surface area (Å²) >= 11 is 0. The minimum atomic E-state index is -3.23. The molecule has 0 unspecified atom stereocenters. The first kappa shape index (κ1) is 19.6. The summed E-state index contributed by atoms with van der Waals surface area (Å²) in [7, 11) is -3.23. The van der Waals surface area contributed by atoms with Crippen LogP contribution in [0.15, 0.2) is 72.0 Å². The minimum absolute atomic E-state index is 0.270. The number of sulfone groups is 1. The first-order valence-electron chi connectivity index (χ1n) is 9.16. The van der Waals surface area contributed by atoms with Gasteiger partial charge in [-0.25, -0.2) is 18.4 Å². The highest BCUT2D eigenvalue weighted by Gasteiger charge is 2.07. The molecule has 148 valence electrons. The van der Waals surface area contributed by atoms with Crippen LogP contribution in [-0.4, -0.2) is 29.6 Å². The maximum Gasteiger partial charge on any atom is 0.175 e. The second-order valence-electron chi connectivity index (χ2n) is 6.76. The predicted molar refractivity (Wildman–Crippen MR) is 117 cm³/mol. The summed E-state index contributed by atoms with van der Waals surface area (Å²) in [6, 6.07) is 14.1. The van der Waals surface area contributed by atoms with E-state index in [2.05, 4.69) is 32.1 Å². The van der Waals surface area contributed by atoms with E-state index in [-0.39, 0.29) is 4.90 Å². The Morgan fingerprint density at radius 2 is 1.73 bits per heavy atom. The fourth-order valence-electron chi connectivity index (χ4n) is 2.91. The third kappa shape index (κ3) is 4.29. The van der Waals surface area contributed by atoms with Gasteiger partial charge >= 0.3 is 0 Å². The summed E-state index contributed by atoms with van der Waals surface area (Å²) in [5.74, 6) is 6.89. The molecule has 0 aliphatic heterocycles. The molecule has 30 heavy (non-hydrogen) atoms. The Morgan fingerprint density at radius 3 is 2.47 bits per heavy atom. The van der Waals surface area contributed by atoms with Crippen LogP contribution in [0.25, 0.3) is 10.8 Å². The molecule has 3 heterocycles. The third-order valence-electron chi connectivity index (χ3n) is 4.53. The molecule has 1 aromatic carbocycles. The summed E-state index contributed by atoms with van der Waals surface area (Å²) < 4.78 is 23.2. The highest BCUT2D eigenvalue weighted by molar-refractivity contribution is 7.90. The highest BCUT2D eigenvalue weighted by Crippen LogP contribution is 2.22. The number of nitrogens with one attached hydrogen (secondary N) is 1. The van der Waals surface area contributed by atoms with Crippen molar-refractivity contribution in [3.63, 3.8) is 0 Å². The third-order valence-corrected chi connectivity index (χ3v) is 5.65. The molecule has 0 amide bonds. The molecule has 0 spiro atoms. The summed E-state index contributed by atoms with van der Waals surface area (Å²) in [6.45, 7) is 1.92. The van der Waals surface area contributed by atoms with E-state index in [1.54, 1.807) is 42.9 Å². The number of benzene rings is 1. The number of nitrogens with zero attached hydrogens (tertiary/aromatic N) is 3. The molecule has 0 radical (unpaired) electrons. The number of hydrogen-bond acceptors (Lipinski definition) is 6. The van der Waals surface area contributed by atoms with Gasteiger partial charge in [0.25, 0.3) is 0 Å². The zero-order chi connectivity index (χ0) is 21.1. The van der Waals surface area contributed by atoms with Crippen molar-refractivity contribution in [2.45, 2.75) is 11.8 Å². The molecular weight excluding hydrogens is 396 g/mol. The minimum Gasteiger partial charge on any atom is -0.340 e. The van der Waals surface area contributed by atoms with Crippen molar-refractivity contribution in [1.29, 1.82) is 0 Å². The fraction of sp³-hybridized carbons (Fsp3) is 0.0870. The van der Waals surface area contributed by atoms with Gasteiger partial charge in [-0.2, -0.15) is 0 Å². The van der Waals surface area contributed by atoms with Crippen molar-refractivity contribution < 1.29 is 8.42 Å². The Bertz CT molecular complexity index is 1400. The van der Waals surface area contributed by atoms with Crippen LogP contribution in [0.4, 0.5) is 11.5 Å². The number of aromatic nitrogens is 3. The lowest BCUT2D eigenvalue weighted by Gasteiger charge is -2.08. The number of aryl methyl sites for hydroxylation is 1. The van der Waals surface area contributed by atoms with Gasteiger partial charge in [-0.3, -0.25) is 4.98 Å². The van der Waals surface area contributed by atoms with Crippen LogP contribution in [0.2, 0.25) is 0 Å². The Morgan fingerprint density at radius 1 is 0.933 bits per heavy atom. The normalized spacial score (nSPS) is 11.0. The molecule has 1 N–H and O–H groups in total. The van der Waals surface area contributed by atoms with Gasteiger partial charge in [0.1, 0.15) is 11.5 Å². The highest BCUT2D eigenvalue weighted by atomic mass is 32.2. The van der Waals surface area contributed by atoms with Gasteiger partial charge in [0, 0.05) is 46.9 Å². The van der Waals surface area contributed by atoms with E-state index in [0.717, 1.165) is 27.7 Å². The first-order valence-corrected chi connectivity index (χ1v) is 11.0. The van der Waals surface area contributed by atoms with E-state index >= 15 is 0 Å². The summed E-state index contributed by atoms with van der Waals surface area (Å²) in [6.07, 6.45) is 6.39. The molecule has 0 aliphatic rings. The van der Waals surface area contributed by atoms with Gasteiger partial charge in [-0.05, 0) is 61.4 Å². The lowest BCUT2D eigenvalue weighted by Crippen LogP contribution is -1.98. The number of pyridine rings is 3. The summed E-state index contributed by atoms with van der Waals surface area (Å²) in [4.78, 5) is 13.4. The van der Waals surface area contributed by atoms with Gasteiger partial charge in [0.05, 0.1) is 10.6 Å². The Hall–Kier alpha value is -3.76. The molecule has 0 aliphatic carbocycles. The van der Waals surface area contributed by atoms with E-state index < -0.39 is 9.84 Å². The maximum atomic E-state index is 11.6. The van der Waals surface area contributed by atoms with Crippen LogP contribution in [0.3, 0.4) is 0 Å². The molecule has 7 heteroatoms. The summed E-state index contributed by atoms with van der Waals surface area (Å²) in [5.41, 5.74) is 3.10. The van der Waals surface area contributed by atoms with Crippen LogP contribution in [-0.2, 0) is 9.84 Å². The molecular formula is C23H18N4O2S. The first-order chi connectivity index (χ1) is 14.4. The van der Waals surface area contributed by atoms with Crippen LogP contribution in [0, 0.1) is 18.8 Å². The van der Waals surface area contributed by atoms with Crippen molar-refractivity contribution in [2.75, 3.05) is 11.6 Å². The monoisotopic (exact) mass is 414 g/mol. The maximum absolute atomic E-state index is 11.6. The number of anilines is 2. The van der Waals surface area contributed by atoms with Crippen LogP contribution in [0.5, 0.6) is 0 Å². The van der Waals surface area contributed by atoms with Crippen molar-refractivity contribution in [3.05, 3.63) is 84.1 Å². The second-order valence-corrected chi connectivity index (χ2v) is 8.77. The van der Waals surface area contributed by atoms with E-state index in [0.29, 0.717) is 11.5 Å². The molecule has 0 saturated carbocycles. The molecule has 0 saturated heterocycles. The van der Waals surface area contributed by atoms with Gasteiger partial charge in [-0.1, -0.05) is 5.92 Å².